The van der Waals surface area contributed by atoms with Crippen molar-refractivity contribution in [1.82, 2.24) is 14.9 Å². The molecule has 2 N–H and O–H groups in total. The van der Waals surface area contributed by atoms with Crippen LogP contribution in [0.4, 0.5) is 0 Å². The molecular formula is C7H10BrN3O2S. The van der Waals surface area contributed by atoms with E-state index in [1.165, 1.54) is 12.3 Å². The van der Waals surface area contributed by atoms with E-state index in [2.05, 4.69) is 30.8 Å². The van der Waals surface area contributed by atoms with Crippen molar-refractivity contribution in [1.29, 1.82) is 0 Å². The molecule has 0 aromatic carbocycles. The lowest BCUT2D eigenvalue weighted by Gasteiger charge is -2.12. The summed E-state index contributed by atoms with van der Waals surface area (Å²) >= 11 is 3.30. The van der Waals surface area contributed by atoms with E-state index in [0.29, 0.717) is 5.33 Å². The van der Waals surface area contributed by atoms with Gasteiger partial charge in [0.15, 0.2) is 5.03 Å². The molecular weight excluding hydrogens is 270 g/mol. The van der Waals surface area contributed by atoms with E-state index in [0.717, 1.165) is 12.8 Å². The summed E-state index contributed by atoms with van der Waals surface area (Å²) in [6.45, 7) is 0. The van der Waals surface area contributed by atoms with Gasteiger partial charge in [-0.3, -0.25) is 5.10 Å². The van der Waals surface area contributed by atoms with Crippen LogP contribution in [0.3, 0.4) is 0 Å². The van der Waals surface area contributed by atoms with Gasteiger partial charge in [-0.25, -0.2) is 13.1 Å². The van der Waals surface area contributed by atoms with Crippen LogP contribution in [0.5, 0.6) is 0 Å². The summed E-state index contributed by atoms with van der Waals surface area (Å²) in [5.41, 5.74) is -0.274. The van der Waals surface area contributed by atoms with E-state index in [1.54, 1.807) is 0 Å². The summed E-state index contributed by atoms with van der Waals surface area (Å²) in [4.78, 5) is 0. The lowest BCUT2D eigenvalue weighted by molar-refractivity contribution is 0.557. The molecule has 2 rings (SSSR count). The van der Waals surface area contributed by atoms with Gasteiger partial charge in [-0.1, -0.05) is 15.9 Å². The number of aromatic amines is 1. The van der Waals surface area contributed by atoms with Crippen molar-refractivity contribution in [3.63, 3.8) is 0 Å². The van der Waals surface area contributed by atoms with Crippen molar-refractivity contribution in [2.45, 2.75) is 23.4 Å². The molecule has 1 aromatic heterocycles. The highest BCUT2D eigenvalue weighted by molar-refractivity contribution is 9.09. The highest BCUT2D eigenvalue weighted by Crippen LogP contribution is 2.38. The van der Waals surface area contributed by atoms with Gasteiger partial charge in [0.05, 0.1) is 6.20 Å². The van der Waals surface area contributed by atoms with Crippen molar-refractivity contribution < 1.29 is 8.42 Å². The number of hydrogen-bond acceptors (Lipinski definition) is 3. The van der Waals surface area contributed by atoms with Gasteiger partial charge in [0.1, 0.15) is 0 Å². The molecule has 0 spiro atoms. The second kappa shape index (κ2) is 3.32. The maximum absolute atomic E-state index is 11.7. The molecule has 0 amide bonds. The Kier molecular flexibility index (Phi) is 2.40. The number of nitrogens with one attached hydrogen (secondary N) is 2. The third kappa shape index (κ3) is 1.84. The summed E-state index contributed by atoms with van der Waals surface area (Å²) in [6.07, 6.45) is 3.18. The van der Waals surface area contributed by atoms with Gasteiger partial charge in [-0.15, -0.1) is 0 Å². The van der Waals surface area contributed by atoms with E-state index in [9.17, 15) is 8.42 Å². The van der Waals surface area contributed by atoms with Gasteiger partial charge in [0.25, 0.3) is 10.0 Å². The fourth-order valence-corrected chi connectivity index (χ4v) is 3.40. The van der Waals surface area contributed by atoms with E-state index < -0.39 is 10.0 Å². The summed E-state index contributed by atoms with van der Waals surface area (Å²) in [5.74, 6) is 0. The van der Waals surface area contributed by atoms with Gasteiger partial charge in [0.2, 0.25) is 0 Å². The van der Waals surface area contributed by atoms with Crippen LogP contribution in [0.25, 0.3) is 0 Å². The molecule has 1 aliphatic carbocycles. The van der Waals surface area contributed by atoms with Crippen molar-refractivity contribution in [3.05, 3.63) is 12.3 Å². The van der Waals surface area contributed by atoms with Crippen molar-refractivity contribution in [2.24, 2.45) is 0 Å². The maximum Gasteiger partial charge on any atom is 0.257 e. The average Bonchev–Trinajstić information content (AvgIpc) is 2.70. The minimum Gasteiger partial charge on any atom is -0.266 e. The second-order valence-corrected chi connectivity index (χ2v) is 5.65. The maximum atomic E-state index is 11.7. The summed E-state index contributed by atoms with van der Waals surface area (Å²) in [7, 11) is -3.42. The molecule has 0 radical (unpaired) electrons. The highest BCUT2D eigenvalue weighted by atomic mass is 79.9. The Morgan fingerprint density at radius 2 is 2.36 bits per heavy atom. The predicted octanol–water partition coefficient (Wildman–Crippen LogP) is 0.615. The minimum atomic E-state index is -3.42. The Morgan fingerprint density at radius 3 is 2.79 bits per heavy atom. The summed E-state index contributed by atoms with van der Waals surface area (Å²) < 4.78 is 26.1. The number of aromatic nitrogens is 2. The number of rotatable bonds is 4. The highest BCUT2D eigenvalue weighted by Gasteiger charge is 2.45. The normalized spacial score (nSPS) is 19.5. The number of halogens is 1. The van der Waals surface area contributed by atoms with Crippen LogP contribution >= 0.6 is 15.9 Å². The topological polar surface area (TPSA) is 74.8 Å². The molecule has 0 bridgehead atoms. The van der Waals surface area contributed by atoms with Gasteiger partial charge >= 0.3 is 0 Å². The number of nitrogens with zero attached hydrogens (tertiary/aromatic N) is 1. The molecule has 0 atom stereocenters. The van der Waals surface area contributed by atoms with Crippen LogP contribution in [-0.2, 0) is 10.0 Å². The van der Waals surface area contributed by atoms with Crippen LogP contribution < -0.4 is 4.72 Å². The third-order valence-electron chi connectivity index (χ3n) is 2.22. The SMILES string of the molecule is O=S(=O)(NC1(CBr)CC1)c1ccn[nH]1. The molecule has 1 heterocycles. The molecule has 0 saturated heterocycles. The first kappa shape index (κ1) is 10.1. The molecule has 1 aliphatic rings. The standard InChI is InChI=1S/C7H10BrN3O2S/c8-5-7(2-3-7)11-14(12,13)6-1-4-9-10-6/h1,4,11H,2-3,5H2,(H,9,10). The molecule has 78 valence electrons. The Balaban J connectivity index is 2.19. The van der Waals surface area contributed by atoms with Crippen LogP contribution in [0.15, 0.2) is 17.3 Å². The molecule has 1 fully saturated rings. The lowest BCUT2D eigenvalue weighted by atomic mass is 10.4. The molecule has 1 aromatic rings. The van der Waals surface area contributed by atoms with Crippen molar-refractivity contribution >= 4 is 26.0 Å². The third-order valence-corrected chi connectivity index (χ3v) is 4.81. The van der Waals surface area contributed by atoms with Crippen LogP contribution in [0.1, 0.15) is 12.8 Å². The van der Waals surface area contributed by atoms with Crippen LogP contribution in [0, 0.1) is 0 Å². The van der Waals surface area contributed by atoms with E-state index >= 15 is 0 Å². The van der Waals surface area contributed by atoms with Crippen molar-refractivity contribution in [3.8, 4) is 0 Å². The summed E-state index contributed by atoms with van der Waals surface area (Å²) in [5, 5.41) is 6.81. The van der Waals surface area contributed by atoms with E-state index in [-0.39, 0.29) is 10.6 Å². The first-order valence-corrected chi connectivity index (χ1v) is 6.78. The van der Waals surface area contributed by atoms with Gasteiger partial charge in [0, 0.05) is 10.9 Å². The summed E-state index contributed by atoms with van der Waals surface area (Å²) in [6, 6.07) is 1.44. The Bertz CT molecular complexity index is 410. The lowest BCUT2D eigenvalue weighted by Crippen LogP contribution is -2.38. The Morgan fingerprint density at radius 1 is 1.64 bits per heavy atom. The molecule has 1 saturated carbocycles. The van der Waals surface area contributed by atoms with Gasteiger partial charge in [-0.05, 0) is 18.9 Å². The Hall–Kier alpha value is -0.400. The number of alkyl halides is 1. The minimum absolute atomic E-state index is 0.115. The fraction of sp³-hybridized carbons (Fsp3) is 0.571. The van der Waals surface area contributed by atoms with Crippen LogP contribution in [0.2, 0.25) is 0 Å². The molecule has 14 heavy (non-hydrogen) atoms. The number of hydrogen-bond donors (Lipinski definition) is 2. The molecule has 5 nitrogen and oxygen atoms in total. The average molecular weight is 280 g/mol. The number of H-pyrrole nitrogens is 1. The first-order valence-electron chi connectivity index (χ1n) is 4.17. The zero-order valence-corrected chi connectivity index (χ0v) is 9.73. The van der Waals surface area contributed by atoms with Gasteiger partial charge < -0.3 is 0 Å². The Labute approximate surface area is 90.5 Å². The molecule has 7 heteroatoms. The second-order valence-electron chi connectivity index (χ2n) is 3.44. The van der Waals surface area contributed by atoms with Crippen molar-refractivity contribution in [2.75, 3.05) is 5.33 Å². The predicted molar refractivity (Wildman–Crippen MR) is 54.7 cm³/mol. The number of sulfonamides is 1. The first-order chi connectivity index (χ1) is 6.58. The monoisotopic (exact) mass is 279 g/mol. The van der Waals surface area contributed by atoms with E-state index in [4.69, 9.17) is 0 Å². The van der Waals surface area contributed by atoms with E-state index in [1.807, 2.05) is 0 Å². The largest absolute Gasteiger partial charge is 0.266 e. The fourth-order valence-electron chi connectivity index (χ4n) is 1.15. The quantitative estimate of drug-likeness (QED) is 0.794. The smallest absolute Gasteiger partial charge is 0.257 e. The zero-order valence-electron chi connectivity index (χ0n) is 7.33. The molecule has 0 unspecified atom stereocenters. The van der Waals surface area contributed by atoms with Crippen LogP contribution in [-0.4, -0.2) is 29.5 Å². The van der Waals surface area contributed by atoms with Gasteiger partial charge in [-0.2, -0.15) is 5.10 Å². The zero-order chi connectivity index (χ0) is 10.2. The molecule has 0 aliphatic heterocycles.